The standard InChI is InChI=1S/C14H16N2/c1-2-4-12-10(3-1)11-6-5-9-7-8-15-13(9)14(11)16-12/h1-6,9,11,13-16H,7-8H2. The zero-order chi connectivity index (χ0) is 10.5. The molecule has 0 aromatic heterocycles. The van der Waals surface area contributed by atoms with Crippen molar-refractivity contribution in [2.75, 3.05) is 11.9 Å². The van der Waals surface area contributed by atoms with Gasteiger partial charge in [0.05, 0.1) is 6.04 Å². The topological polar surface area (TPSA) is 24.1 Å². The lowest BCUT2D eigenvalue weighted by Gasteiger charge is -2.32. The van der Waals surface area contributed by atoms with Gasteiger partial charge in [-0.15, -0.1) is 0 Å². The number of hydrogen-bond acceptors (Lipinski definition) is 2. The number of fused-ring (bicyclic) bond motifs is 5. The molecule has 2 aliphatic heterocycles. The second-order valence-electron chi connectivity index (χ2n) is 5.10. The van der Waals surface area contributed by atoms with Crippen molar-refractivity contribution in [1.29, 1.82) is 0 Å². The van der Waals surface area contributed by atoms with E-state index in [-0.39, 0.29) is 0 Å². The molecule has 1 fully saturated rings. The van der Waals surface area contributed by atoms with Gasteiger partial charge >= 0.3 is 0 Å². The molecule has 0 bridgehead atoms. The van der Waals surface area contributed by atoms with Crippen LogP contribution in [0.3, 0.4) is 0 Å². The summed E-state index contributed by atoms with van der Waals surface area (Å²) in [5.41, 5.74) is 2.80. The molecule has 4 rings (SSSR count). The monoisotopic (exact) mass is 212 g/mol. The summed E-state index contributed by atoms with van der Waals surface area (Å²) < 4.78 is 0. The molecule has 0 radical (unpaired) electrons. The molecule has 1 saturated heterocycles. The van der Waals surface area contributed by atoms with E-state index in [1.54, 1.807) is 0 Å². The molecule has 0 amide bonds. The molecular weight excluding hydrogens is 196 g/mol. The minimum absolute atomic E-state index is 0.565. The van der Waals surface area contributed by atoms with Crippen molar-refractivity contribution in [3.63, 3.8) is 0 Å². The van der Waals surface area contributed by atoms with Crippen LogP contribution in [0.1, 0.15) is 17.9 Å². The van der Waals surface area contributed by atoms with Gasteiger partial charge < -0.3 is 10.6 Å². The molecule has 1 aliphatic carbocycles. The number of nitrogens with one attached hydrogen (secondary N) is 2. The summed E-state index contributed by atoms with van der Waals surface area (Å²) in [7, 11) is 0. The molecule has 1 aromatic carbocycles. The summed E-state index contributed by atoms with van der Waals surface area (Å²) in [5, 5.41) is 7.35. The Labute approximate surface area is 95.7 Å². The summed E-state index contributed by atoms with van der Waals surface area (Å²) in [6.45, 7) is 1.17. The van der Waals surface area contributed by atoms with Gasteiger partial charge in [0.1, 0.15) is 0 Å². The van der Waals surface area contributed by atoms with Crippen LogP contribution in [0.25, 0.3) is 0 Å². The first-order chi connectivity index (χ1) is 7.93. The van der Waals surface area contributed by atoms with Crippen LogP contribution < -0.4 is 10.6 Å². The van der Waals surface area contributed by atoms with E-state index in [0.717, 1.165) is 5.92 Å². The van der Waals surface area contributed by atoms with Crippen molar-refractivity contribution in [2.24, 2.45) is 5.92 Å². The summed E-state index contributed by atoms with van der Waals surface area (Å²) in [4.78, 5) is 0. The van der Waals surface area contributed by atoms with Crippen molar-refractivity contribution in [1.82, 2.24) is 5.32 Å². The van der Waals surface area contributed by atoms with Crippen LogP contribution >= 0.6 is 0 Å². The highest BCUT2D eigenvalue weighted by Gasteiger charge is 2.43. The highest BCUT2D eigenvalue weighted by Crippen LogP contribution is 2.43. The minimum Gasteiger partial charge on any atom is -0.380 e. The van der Waals surface area contributed by atoms with Crippen molar-refractivity contribution >= 4 is 5.69 Å². The van der Waals surface area contributed by atoms with Gasteiger partial charge in [0.2, 0.25) is 0 Å². The SMILES string of the molecule is C1=CC2c3ccccc3NC2C2NCCC12. The smallest absolute Gasteiger partial charge is 0.0524 e. The zero-order valence-corrected chi connectivity index (χ0v) is 9.19. The van der Waals surface area contributed by atoms with Gasteiger partial charge in [-0.2, -0.15) is 0 Å². The summed E-state index contributed by atoms with van der Waals surface area (Å²) in [5.74, 6) is 1.31. The Kier molecular flexibility index (Phi) is 1.71. The van der Waals surface area contributed by atoms with Gasteiger partial charge in [0.15, 0.2) is 0 Å². The second-order valence-corrected chi connectivity index (χ2v) is 5.10. The van der Waals surface area contributed by atoms with Gasteiger partial charge in [-0.05, 0) is 30.5 Å². The highest BCUT2D eigenvalue weighted by molar-refractivity contribution is 5.62. The normalized spacial score (nSPS) is 38.8. The third-order valence-corrected chi connectivity index (χ3v) is 4.30. The van der Waals surface area contributed by atoms with Crippen molar-refractivity contribution in [2.45, 2.75) is 24.4 Å². The van der Waals surface area contributed by atoms with E-state index >= 15 is 0 Å². The fourth-order valence-electron chi connectivity index (χ4n) is 3.54. The molecule has 4 atom stereocenters. The minimum atomic E-state index is 0.565. The molecule has 82 valence electrons. The highest BCUT2D eigenvalue weighted by atomic mass is 15.1. The molecule has 16 heavy (non-hydrogen) atoms. The van der Waals surface area contributed by atoms with Crippen LogP contribution in [0.15, 0.2) is 36.4 Å². The summed E-state index contributed by atoms with van der Waals surface area (Å²) in [6.07, 6.45) is 6.13. The molecular formula is C14H16N2. The lowest BCUT2D eigenvalue weighted by atomic mass is 9.80. The molecule has 3 aliphatic rings. The van der Waals surface area contributed by atoms with Gasteiger partial charge in [0.25, 0.3) is 0 Å². The van der Waals surface area contributed by atoms with Crippen LogP contribution in [0.2, 0.25) is 0 Å². The van der Waals surface area contributed by atoms with Crippen LogP contribution in [0.4, 0.5) is 5.69 Å². The fraction of sp³-hybridized carbons (Fsp3) is 0.429. The predicted octanol–water partition coefficient (Wildman–Crippen LogP) is 2.11. The van der Waals surface area contributed by atoms with Crippen LogP contribution in [0, 0.1) is 5.92 Å². The first-order valence-electron chi connectivity index (χ1n) is 6.21. The van der Waals surface area contributed by atoms with E-state index < -0.39 is 0 Å². The van der Waals surface area contributed by atoms with Gasteiger partial charge in [0, 0.05) is 17.6 Å². The molecule has 1 aromatic rings. The van der Waals surface area contributed by atoms with Crippen LogP contribution in [0.5, 0.6) is 0 Å². The Morgan fingerprint density at radius 3 is 3.00 bits per heavy atom. The fourth-order valence-corrected chi connectivity index (χ4v) is 3.54. The van der Waals surface area contributed by atoms with E-state index in [9.17, 15) is 0 Å². The van der Waals surface area contributed by atoms with Crippen LogP contribution in [-0.2, 0) is 0 Å². The van der Waals surface area contributed by atoms with Crippen molar-refractivity contribution < 1.29 is 0 Å². The van der Waals surface area contributed by atoms with Gasteiger partial charge in [-0.3, -0.25) is 0 Å². The number of hydrogen-bond donors (Lipinski definition) is 2. The van der Waals surface area contributed by atoms with E-state index in [0.29, 0.717) is 18.0 Å². The third-order valence-electron chi connectivity index (χ3n) is 4.30. The molecule has 2 N–H and O–H groups in total. The Bertz CT molecular complexity index is 452. The van der Waals surface area contributed by atoms with Crippen molar-refractivity contribution in [3.8, 4) is 0 Å². The average Bonchev–Trinajstić information content (AvgIpc) is 2.92. The maximum absolute atomic E-state index is 3.69. The average molecular weight is 212 g/mol. The maximum Gasteiger partial charge on any atom is 0.0524 e. The van der Waals surface area contributed by atoms with Gasteiger partial charge in [-0.25, -0.2) is 0 Å². The Balaban J connectivity index is 1.78. The molecule has 0 saturated carbocycles. The van der Waals surface area contributed by atoms with Gasteiger partial charge in [-0.1, -0.05) is 30.4 Å². The first kappa shape index (κ1) is 8.82. The summed E-state index contributed by atoms with van der Waals surface area (Å²) >= 11 is 0. The van der Waals surface area contributed by atoms with E-state index in [2.05, 4.69) is 47.1 Å². The molecule has 0 spiro atoms. The largest absolute Gasteiger partial charge is 0.380 e. The second kappa shape index (κ2) is 3.11. The molecule has 2 nitrogen and oxygen atoms in total. The molecule has 2 heteroatoms. The predicted molar refractivity (Wildman–Crippen MR) is 65.6 cm³/mol. The Morgan fingerprint density at radius 2 is 2.00 bits per heavy atom. The van der Waals surface area contributed by atoms with E-state index in [4.69, 9.17) is 0 Å². The van der Waals surface area contributed by atoms with Crippen LogP contribution in [-0.4, -0.2) is 18.6 Å². The molecule has 2 heterocycles. The molecule has 4 unspecified atom stereocenters. The maximum atomic E-state index is 3.69. The first-order valence-corrected chi connectivity index (χ1v) is 6.21. The van der Waals surface area contributed by atoms with Crippen molar-refractivity contribution in [3.05, 3.63) is 42.0 Å². The zero-order valence-electron chi connectivity index (χ0n) is 9.19. The number of anilines is 1. The Hall–Kier alpha value is -1.28. The lowest BCUT2D eigenvalue weighted by molar-refractivity contribution is 0.419. The number of rotatable bonds is 0. The number of benzene rings is 1. The Morgan fingerprint density at radius 1 is 1.06 bits per heavy atom. The summed E-state index contributed by atoms with van der Waals surface area (Å²) in [6, 6.07) is 9.91. The van der Waals surface area contributed by atoms with E-state index in [1.807, 2.05) is 0 Å². The lowest BCUT2D eigenvalue weighted by Crippen LogP contribution is -2.45. The third kappa shape index (κ3) is 1.05. The van der Waals surface area contributed by atoms with E-state index in [1.165, 1.54) is 24.2 Å². The number of para-hydroxylation sites is 1. The quantitative estimate of drug-likeness (QED) is 0.644.